The Labute approximate surface area is 95.2 Å². The molecule has 2 N–H and O–H groups in total. The minimum absolute atomic E-state index is 0.00386. The maximum Gasteiger partial charge on any atom is 0.287 e. The van der Waals surface area contributed by atoms with Crippen LogP contribution in [0.2, 0.25) is 0 Å². The Balaban J connectivity index is 0.00000106. The van der Waals surface area contributed by atoms with Gasteiger partial charge in [0.05, 0.1) is 4.92 Å². The van der Waals surface area contributed by atoms with Gasteiger partial charge in [-0.1, -0.05) is 13.8 Å². The molecule has 6 heteroatoms. The largest absolute Gasteiger partial charge is 0.369 e. The fraction of sp³-hybridized carbons (Fsp3) is 0.500. The molecule has 1 rings (SSSR count). The van der Waals surface area contributed by atoms with E-state index in [-0.39, 0.29) is 5.69 Å². The van der Waals surface area contributed by atoms with Crippen molar-refractivity contribution in [2.24, 2.45) is 0 Å². The van der Waals surface area contributed by atoms with Crippen molar-refractivity contribution in [2.75, 3.05) is 25.5 Å². The normalized spacial score (nSPS) is 8.94. The van der Waals surface area contributed by atoms with E-state index in [1.807, 2.05) is 20.9 Å². The topological polar surface area (TPSA) is 80.1 Å². The summed E-state index contributed by atoms with van der Waals surface area (Å²) in [7, 11) is 1.85. The molecular weight excluding hydrogens is 208 g/mol. The first-order chi connectivity index (χ1) is 7.74. The van der Waals surface area contributed by atoms with Gasteiger partial charge in [-0.2, -0.15) is 0 Å². The smallest absolute Gasteiger partial charge is 0.287 e. The number of nitrogens with zero attached hydrogens (tertiary/aromatic N) is 2. The van der Waals surface area contributed by atoms with Gasteiger partial charge in [-0.3, -0.25) is 10.1 Å². The molecule has 90 valence electrons. The molecule has 0 amide bonds. The highest BCUT2D eigenvalue weighted by atomic mass is 16.6. The lowest BCUT2D eigenvalue weighted by atomic mass is 10.4. The van der Waals surface area contributed by atoms with E-state index in [0.29, 0.717) is 5.82 Å². The van der Waals surface area contributed by atoms with E-state index in [9.17, 15) is 10.1 Å². The predicted octanol–water partition coefficient (Wildman–Crippen LogP) is 1.65. The van der Waals surface area contributed by atoms with Crippen LogP contribution in [0.15, 0.2) is 18.3 Å². The average Bonchev–Trinajstić information content (AvgIpc) is 2.33. The number of nitro groups is 1. The molecule has 0 fully saturated rings. The van der Waals surface area contributed by atoms with Gasteiger partial charge < -0.3 is 10.6 Å². The van der Waals surface area contributed by atoms with Gasteiger partial charge in [0.25, 0.3) is 5.69 Å². The van der Waals surface area contributed by atoms with Crippen LogP contribution < -0.4 is 10.6 Å². The molecule has 0 saturated carbocycles. The Morgan fingerprint density at radius 3 is 2.50 bits per heavy atom. The van der Waals surface area contributed by atoms with E-state index in [2.05, 4.69) is 15.6 Å². The van der Waals surface area contributed by atoms with Crippen LogP contribution in [0.1, 0.15) is 13.8 Å². The molecule has 6 nitrogen and oxygen atoms in total. The Morgan fingerprint density at radius 1 is 1.38 bits per heavy atom. The molecule has 0 unspecified atom stereocenters. The molecular formula is C10H18N4O2. The fourth-order valence-electron chi connectivity index (χ4n) is 0.914. The van der Waals surface area contributed by atoms with E-state index in [1.54, 1.807) is 6.07 Å². The third-order valence-electron chi connectivity index (χ3n) is 1.64. The Bertz CT molecular complexity index is 300. The minimum Gasteiger partial charge on any atom is -0.369 e. The highest BCUT2D eigenvalue weighted by Gasteiger charge is 2.04. The van der Waals surface area contributed by atoms with Gasteiger partial charge in [0.1, 0.15) is 12.0 Å². The van der Waals surface area contributed by atoms with Crippen LogP contribution in [0.5, 0.6) is 0 Å². The summed E-state index contributed by atoms with van der Waals surface area (Å²) in [5, 5.41) is 16.3. The summed E-state index contributed by atoms with van der Waals surface area (Å²) in [4.78, 5) is 13.7. The van der Waals surface area contributed by atoms with Crippen LogP contribution in [0.25, 0.3) is 0 Å². The first-order valence-corrected chi connectivity index (χ1v) is 5.23. The summed E-state index contributed by atoms with van der Waals surface area (Å²) < 4.78 is 0. The summed E-state index contributed by atoms with van der Waals surface area (Å²) >= 11 is 0. The highest BCUT2D eigenvalue weighted by Crippen LogP contribution is 2.11. The lowest BCUT2D eigenvalue weighted by molar-refractivity contribution is -0.385. The lowest BCUT2D eigenvalue weighted by Gasteiger charge is -2.03. The molecule has 0 atom stereocenters. The zero-order valence-corrected chi connectivity index (χ0v) is 9.86. The third-order valence-corrected chi connectivity index (χ3v) is 1.64. The van der Waals surface area contributed by atoms with Crippen molar-refractivity contribution in [3.8, 4) is 0 Å². The molecule has 0 aliphatic carbocycles. The minimum atomic E-state index is -0.468. The zero-order chi connectivity index (χ0) is 12.4. The first-order valence-electron chi connectivity index (χ1n) is 5.23. The van der Waals surface area contributed by atoms with E-state index >= 15 is 0 Å². The Kier molecular flexibility index (Phi) is 7.70. The third kappa shape index (κ3) is 5.26. The number of hydrogen-bond donors (Lipinski definition) is 2. The van der Waals surface area contributed by atoms with Crippen LogP contribution in [0, 0.1) is 10.1 Å². The number of rotatable bonds is 5. The van der Waals surface area contributed by atoms with Crippen LogP contribution in [-0.2, 0) is 0 Å². The molecule has 16 heavy (non-hydrogen) atoms. The second-order valence-corrected chi connectivity index (χ2v) is 2.69. The van der Waals surface area contributed by atoms with Crippen molar-refractivity contribution < 1.29 is 4.92 Å². The molecule has 1 aromatic rings. The molecule has 1 aromatic heterocycles. The average molecular weight is 226 g/mol. The zero-order valence-electron chi connectivity index (χ0n) is 9.86. The van der Waals surface area contributed by atoms with Gasteiger partial charge in [-0.05, 0) is 13.1 Å². The fourth-order valence-corrected chi connectivity index (χ4v) is 0.914. The number of hydrogen-bond acceptors (Lipinski definition) is 5. The molecule has 0 aliphatic heterocycles. The number of anilines is 1. The molecule has 0 bridgehead atoms. The highest BCUT2D eigenvalue weighted by molar-refractivity contribution is 5.39. The van der Waals surface area contributed by atoms with Gasteiger partial charge in [0.2, 0.25) is 0 Å². The SMILES string of the molecule is CC.CNCCNc1ccc([N+](=O)[O-])cn1. The van der Waals surface area contributed by atoms with Gasteiger partial charge in [0, 0.05) is 19.2 Å². The summed E-state index contributed by atoms with van der Waals surface area (Å²) in [6.45, 7) is 5.56. The van der Waals surface area contributed by atoms with E-state index in [4.69, 9.17) is 0 Å². The van der Waals surface area contributed by atoms with Gasteiger partial charge in [-0.15, -0.1) is 0 Å². The van der Waals surface area contributed by atoms with E-state index < -0.39 is 4.92 Å². The van der Waals surface area contributed by atoms with Gasteiger partial charge in [0.15, 0.2) is 0 Å². The Hall–Kier alpha value is -1.69. The number of nitrogens with one attached hydrogen (secondary N) is 2. The van der Waals surface area contributed by atoms with Crippen LogP contribution in [-0.4, -0.2) is 30.0 Å². The molecule has 0 aliphatic rings. The van der Waals surface area contributed by atoms with Crippen molar-refractivity contribution in [1.82, 2.24) is 10.3 Å². The molecule has 0 aromatic carbocycles. The van der Waals surface area contributed by atoms with Gasteiger partial charge in [-0.25, -0.2) is 4.98 Å². The molecule has 1 heterocycles. The van der Waals surface area contributed by atoms with Crippen molar-refractivity contribution in [3.63, 3.8) is 0 Å². The maximum atomic E-state index is 10.3. The van der Waals surface area contributed by atoms with Gasteiger partial charge >= 0.3 is 0 Å². The van der Waals surface area contributed by atoms with Crippen molar-refractivity contribution >= 4 is 11.5 Å². The first kappa shape index (κ1) is 14.3. The second-order valence-electron chi connectivity index (χ2n) is 2.69. The lowest BCUT2D eigenvalue weighted by Crippen LogP contribution is -2.18. The van der Waals surface area contributed by atoms with Crippen molar-refractivity contribution in [1.29, 1.82) is 0 Å². The monoisotopic (exact) mass is 226 g/mol. The summed E-state index contributed by atoms with van der Waals surface area (Å²) in [5.74, 6) is 0.644. The van der Waals surface area contributed by atoms with Crippen LogP contribution in [0.3, 0.4) is 0 Å². The van der Waals surface area contributed by atoms with Crippen LogP contribution in [0.4, 0.5) is 11.5 Å². The summed E-state index contributed by atoms with van der Waals surface area (Å²) in [5.41, 5.74) is 0.00386. The standard InChI is InChI=1S/C8H12N4O2.C2H6/c1-9-4-5-10-8-3-2-7(6-11-8)12(13)14;1-2/h2-3,6,9H,4-5H2,1H3,(H,10,11);1-2H3. The quantitative estimate of drug-likeness (QED) is 0.453. The van der Waals surface area contributed by atoms with Crippen molar-refractivity contribution in [2.45, 2.75) is 13.8 Å². The molecule has 0 spiro atoms. The molecule has 0 radical (unpaired) electrons. The predicted molar refractivity (Wildman–Crippen MR) is 64.7 cm³/mol. The van der Waals surface area contributed by atoms with E-state index in [1.165, 1.54) is 12.3 Å². The Morgan fingerprint density at radius 2 is 2.06 bits per heavy atom. The second kappa shape index (κ2) is 8.60. The number of pyridine rings is 1. The van der Waals surface area contributed by atoms with Crippen molar-refractivity contribution in [3.05, 3.63) is 28.4 Å². The summed E-state index contributed by atoms with van der Waals surface area (Å²) in [6, 6.07) is 3.02. The number of aromatic nitrogens is 1. The van der Waals surface area contributed by atoms with Crippen LogP contribution >= 0.6 is 0 Å². The molecule has 0 saturated heterocycles. The summed E-state index contributed by atoms with van der Waals surface area (Å²) in [6.07, 6.45) is 1.24. The van der Waals surface area contributed by atoms with E-state index in [0.717, 1.165) is 13.1 Å². The number of likely N-dealkylation sites (N-methyl/N-ethyl adjacent to an activating group) is 1. The maximum absolute atomic E-state index is 10.3.